The van der Waals surface area contributed by atoms with Crippen LogP contribution in [0.2, 0.25) is 0 Å². The highest BCUT2D eigenvalue weighted by molar-refractivity contribution is 14.1. The molecule has 1 aromatic heterocycles. The molecule has 0 aliphatic heterocycles. The van der Waals surface area contributed by atoms with E-state index in [1.165, 1.54) is 0 Å². The normalized spacial score (nSPS) is 8.62. The van der Waals surface area contributed by atoms with E-state index in [1.54, 1.807) is 13.1 Å². The van der Waals surface area contributed by atoms with E-state index < -0.39 is 0 Å². The predicted octanol–water partition coefficient (Wildman–Crippen LogP) is 2.93. The van der Waals surface area contributed by atoms with Crippen LogP contribution in [0.1, 0.15) is 27.8 Å². The fourth-order valence-corrected chi connectivity index (χ4v) is 1.67. The van der Waals surface area contributed by atoms with Crippen molar-refractivity contribution in [2.24, 2.45) is 0 Å². The lowest BCUT2D eigenvalue weighted by Gasteiger charge is -2.03. The van der Waals surface area contributed by atoms with E-state index in [9.17, 15) is 0 Å². The van der Waals surface area contributed by atoms with Gasteiger partial charge < -0.3 is 11.1 Å². The maximum Gasteiger partial charge on any atom is 0.133 e. The van der Waals surface area contributed by atoms with Gasteiger partial charge in [0, 0.05) is 16.9 Å². The number of nitrogen functional groups attached to an aromatic ring is 1. The van der Waals surface area contributed by atoms with Gasteiger partial charge >= 0.3 is 0 Å². The molecule has 0 aliphatic rings. The van der Waals surface area contributed by atoms with Crippen LogP contribution in [0, 0.1) is 8.98 Å². The molecule has 1 heterocycles. The second kappa shape index (κ2) is 5.90. The van der Waals surface area contributed by atoms with Gasteiger partial charge in [0.15, 0.2) is 0 Å². The Morgan fingerprint density at radius 1 is 1.62 bits per heavy atom. The minimum Gasteiger partial charge on any atom is -0.383 e. The fourth-order valence-electron chi connectivity index (χ4n) is 0.824. The van der Waals surface area contributed by atoms with Gasteiger partial charge in [-0.05, 0) is 35.6 Å². The molecule has 1 aromatic rings. The highest BCUT2D eigenvalue weighted by atomic mass is 127. The molecular weight excluding hydrogens is 277 g/mol. The summed E-state index contributed by atoms with van der Waals surface area (Å²) in [5.41, 5.74) is 6.77. The van der Waals surface area contributed by atoms with Crippen molar-refractivity contribution in [3.63, 3.8) is 0 Å². The first-order valence-corrected chi connectivity index (χ1v) is 5.16. The molecule has 0 radical (unpaired) electrons. The minimum atomic E-state index is 0. The van der Waals surface area contributed by atoms with Gasteiger partial charge in [0.05, 0.1) is 5.56 Å². The minimum absolute atomic E-state index is 0. The van der Waals surface area contributed by atoms with Gasteiger partial charge in [-0.15, -0.1) is 0 Å². The Hall–Kier alpha value is -0.650. The van der Waals surface area contributed by atoms with Gasteiger partial charge in [-0.2, -0.15) is 0 Å². The van der Waals surface area contributed by atoms with Crippen molar-refractivity contribution in [1.82, 2.24) is 4.98 Å². The van der Waals surface area contributed by atoms with Crippen molar-refractivity contribution in [1.29, 1.82) is 5.41 Å². The lowest BCUT2D eigenvalue weighted by atomic mass is 10.2. The van der Waals surface area contributed by atoms with Crippen LogP contribution in [0.15, 0.2) is 12.3 Å². The SMILES string of the molecule is CC.CC(=N)c1c(I)ccnc1N.[HH]. The monoisotopic (exact) mass is 293 g/mol. The number of nitrogens with one attached hydrogen (secondary N) is 1. The van der Waals surface area contributed by atoms with E-state index in [1.807, 2.05) is 19.9 Å². The Kier molecular flexibility index (Phi) is 5.61. The number of pyridine rings is 1. The van der Waals surface area contributed by atoms with Gasteiger partial charge in [0.25, 0.3) is 0 Å². The third-order valence-electron chi connectivity index (χ3n) is 1.30. The highest BCUT2D eigenvalue weighted by Crippen LogP contribution is 2.16. The number of halogens is 1. The summed E-state index contributed by atoms with van der Waals surface area (Å²) >= 11 is 2.14. The standard InChI is InChI=1S/C7H8IN3.C2H6.H2/c1-4(9)6-5(8)2-3-11-7(6)10;1-2;/h2-3,9H,1H3,(H2,10,11);1-2H3;1H. The number of nitrogens with zero attached hydrogens (tertiary/aromatic N) is 1. The van der Waals surface area contributed by atoms with Crippen LogP contribution in [-0.4, -0.2) is 10.7 Å². The van der Waals surface area contributed by atoms with E-state index in [2.05, 4.69) is 27.6 Å². The van der Waals surface area contributed by atoms with E-state index in [0.717, 1.165) is 9.13 Å². The van der Waals surface area contributed by atoms with Gasteiger partial charge in [-0.3, -0.25) is 0 Å². The quantitative estimate of drug-likeness (QED) is 0.617. The molecule has 0 atom stereocenters. The van der Waals surface area contributed by atoms with Crippen LogP contribution in [0.25, 0.3) is 0 Å². The van der Waals surface area contributed by atoms with Crippen molar-refractivity contribution in [3.8, 4) is 0 Å². The molecular formula is C9H16IN3. The summed E-state index contributed by atoms with van der Waals surface area (Å²) in [5, 5.41) is 7.39. The van der Waals surface area contributed by atoms with Crippen LogP contribution in [0.4, 0.5) is 5.82 Å². The zero-order valence-electron chi connectivity index (χ0n) is 8.06. The Labute approximate surface area is 93.9 Å². The van der Waals surface area contributed by atoms with Gasteiger partial charge in [0.2, 0.25) is 0 Å². The number of nitrogens with two attached hydrogens (primary N) is 1. The number of hydrogen-bond acceptors (Lipinski definition) is 3. The summed E-state index contributed by atoms with van der Waals surface area (Å²) in [6, 6.07) is 1.84. The van der Waals surface area contributed by atoms with Crippen LogP contribution >= 0.6 is 22.6 Å². The molecule has 3 N–H and O–H groups in total. The molecule has 0 unspecified atom stereocenters. The third-order valence-corrected chi connectivity index (χ3v) is 2.20. The average molecular weight is 293 g/mol. The summed E-state index contributed by atoms with van der Waals surface area (Å²) in [4.78, 5) is 3.89. The Balaban J connectivity index is 0. The van der Waals surface area contributed by atoms with Crippen molar-refractivity contribution in [2.75, 3.05) is 5.73 Å². The van der Waals surface area contributed by atoms with Crippen molar-refractivity contribution in [2.45, 2.75) is 20.8 Å². The number of anilines is 1. The largest absolute Gasteiger partial charge is 0.383 e. The zero-order chi connectivity index (χ0) is 10.4. The average Bonchev–Trinajstić information content (AvgIpc) is 2.07. The molecule has 0 amide bonds. The number of aromatic nitrogens is 1. The van der Waals surface area contributed by atoms with Gasteiger partial charge in [-0.25, -0.2) is 4.98 Å². The summed E-state index contributed by atoms with van der Waals surface area (Å²) in [6.07, 6.45) is 1.64. The molecule has 0 fully saturated rings. The number of rotatable bonds is 1. The maximum atomic E-state index is 7.39. The van der Waals surface area contributed by atoms with E-state index >= 15 is 0 Å². The Bertz CT molecular complexity index is 282. The first-order chi connectivity index (χ1) is 6.13. The Morgan fingerprint density at radius 2 is 2.15 bits per heavy atom. The lowest BCUT2D eigenvalue weighted by Crippen LogP contribution is -2.04. The molecule has 0 aliphatic carbocycles. The van der Waals surface area contributed by atoms with E-state index in [-0.39, 0.29) is 1.43 Å². The first kappa shape index (κ1) is 12.3. The highest BCUT2D eigenvalue weighted by Gasteiger charge is 2.05. The summed E-state index contributed by atoms with van der Waals surface area (Å²) in [6.45, 7) is 5.70. The molecule has 13 heavy (non-hydrogen) atoms. The predicted molar refractivity (Wildman–Crippen MR) is 67.3 cm³/mol. The second-order valence-corrected chi connectivity index (χ2v) is 3.34. The van der Waals surface area contributed by atoms with Gasteiger partial charge in [-0.1, -0.05) is 13.8 Å². The zero-order valence-corrected chi connectivity index (χ0v) is 10.2. The van der Waals surface area contributed by atoms with E-state index in [0.29, 0.717) is 11.5 Å². The second-order valence-electron chi connectivity index (χ2n) is 2.18. The van der Waals surface area contributed by atoms with Crippen LogP contribution in [0.3, 0.4) is 0 Å². The fraction of sp³-hybridized carbons (Fsp3) is 0.333. The third kappa shape index (κ3) is 3.30. The molecule has 0 spiro atoms. The maximum absolute atomic E-state index is 7.39. The molecule has 0 saturated carbocycles. The molecule has 74 valence electrons. The molecule has 0 aromatic carbocycles. The number of hydrogen-bond donors (Lipinski definition) is 2. The molecule has 1 rings (SSSR count). The first-order valence-electron chi connectivity index (χ1n) is 4.08. The molecule has 4 heteroatoms. The Morgan fingerprint density at radius 3 is 2.46 bits per heavy atom. The van der Waals surface area contributed by atoms with Crippen LogP contribution < -0.4 is 5.73 Å². The van der Waals surface area contributed by atoms with Crippen molar-refractivity contribution in [3.05, 3.63) is 21.4 Å². The van der Waals surface area contributed by atoms with Gasteiger partial charge in [0.1, 0.15) is 5.82 Å². The smallest absolute Gasteiger partial charge is 0.133 e. The van der Waals surface area contributed by atoms with Crippen LogP contribution in [-0.2, 0) is 0 Å². The lowest BCUT2D eigenvalue weighted by molar-refractivity contribution is 1.29. The molecule has 3 nitrogen and oxygen atoms in total. The van der Waals surface area contributed by atoms with Crippen molar-refractivity contribution < 1.29 is 1.43 Å². The summed E-state index contributed by atoms with van der Waals surface area (Å²) < 4.78 is 0.975. The van der Waals surface area contributed by atoms with E-state index in [4.69, 9.17) is 11.1 Å². The van der Waals surface area contributed by atoms with Crippen LogP contribution in [0.5, 0.6) is 0 Å². The summed E-state index contributed by atoms with van der Waals surface area (Å²) in [5.74, 6) is 0.435. The summed E-state index contributed by atoms with van der Waals surface area (Å²) in [7, 11) is 0. The van der Waals surface area contributed by atoms with Crippen molar-refractivity contribution >= 4 is 34.1 Å². The topological polar surface area (TPSA) is 62.8 Å². The molecule has 0 bridgehead atoms. The molecule has 0 saturated heterocycles.